The van der Waals surface area contributed by atoms with Crippen molar-refractivity contribution in [2.24, 2.45) is 0 Å². The summed E-state index contributed by atoms with van der Waals surface area (Å²) in [4.78, 5) is 10.3. The van der Waals surface area contributed by atoms with Crippen LogP contribution in [0, 0.1) is 0 Å². The van der Waals surface area contributed by atoms with Crippen LogP contribution in [0.1, 0.15) is 187 Å². The molecule has 1 radical (unpaired) electrons. The molecule has 2 nitrogen and oxygen atoms in total. The zero-order chi connectivity index (χ0) is 23.4. The van der Waals surface area contributed by atoms with E-state index < -0.39 is 5.97 Å². The van der Waals surface area contributed by atoms with Gasteiger partial charge in [-0.3, -0.25) is 0 Å². The van der Waals surface area contributed by atoms with Gasteiger partial charge in [0, 0.05) is 0 Å². The SMILES string of the molecule is CCCCCCCCCCCCCCCCCCCCCCCCCCCCCC([O])=O. The Labute approximate surface area is 202 Å². The Bertz CT molecular complexity index is 353. The van der Waals surface area contributed by atoms with Crippen LogP contribution in [0.15, 0.2) is 0 Å². The predicted molar refractivity (Wildman–Crippen MR) is 141 cm³/mol. The Morgan fingerprint density at radius 2 is 0.531 bits per heavy atom. The first-order valence-electron chi connectivity index (χ1n) is 15.0. The molecule has 0 N–H and O–H groups in total. The van der Waals surface area contributed by atoms with E-state index in [2.05, 4.69) is 6.92 Å². The molecule has 0 aliphatic rings. The molecule has 0 saturated carbocycles. The molecule has 0 rings (SSSR count). The highest BCUT2D eigenvalue weighted by molar-refractivity contribution is 5.66. The summed E-state index contributed by atoms with van der Waals surface area (Å²) in [6, 6.07) is 0. The Morgan fingerprint density at radius 3 is 0.719 bits per heavy atom. The molecule has 0 saturated heterocycles. The second-order valence-electron chi connectivity index (χ2n) is 10.3. The van der Waals surface area contributed by atoms with E-state index in [1.54, 1.807) is 0 Å². The van der Waals surface area contributed by atoms with Gasteiger partial charge in [-0.15, -0.1) is 0 Å². The minimum absolute atomic E-state index is 0.236. The topological polar surface area (TPSA) is 37.0 Å². The normalized spacial score (nSPS) is 11.3. The summed E-state index contributed by atoms with van der Waals surface area (Å²) in [5, 5.41) is 10.3. The first-order valence-corrected chi connectivity index (χ1v) is 15.0. The molecule has 0 aliphatic carbocycles. The molecule has 0 aliphatic heterocycles. The third-order valence-corrected chi connectivity index (χ3v) is 6.98. The van der Waals surface area contributed by atoms with Gasteiger partial charge < -0.3 is 0 Å². The summed E-state index contributed by atoms with van der Waals surface area (Å²) in [7, 11) is 0. The maximum Gasteiger partial charge on any atom is 0.355 e. The van der Waals surface area contributed by atoms with Crippen molar-refractivity contribution in [1.29, 1.82) is 0 Å². The second-order valence-corrected chi connectivity index (χ2v) is 10.3. The van der Waals surface area contributed by atoms with Crippen LogP contribution >= 0.6 is 0 Å². The molecular formula is C30H59O2. The van der Waals surface area contributed by atoms with Gasteiger partial charge in [-0.2, -0.15) is 0 Å². The van der Waals surface area contributed by atoms with Crippen LogP contribution in [-0.2, 0) is 9.90 Å². The summed E-state index contributed by atoms with van der Waals surface area (Å²) < 4.78 is 0. The second kappa shape index (κ2) is 28.5. The van der Waals surface area contributed by atoms with Crippen LogP contribution in [0.5, 0.6) is 0 Å². The van der Waals surface area contributed by atoms with Gasteiger partial charge in [0.25, 0.3) is 0 Å². The lowest BCUT2D eigenvalue weighted by Gasteiger charge is -2.04. The molecule has 0 bridgehead atoms. The average molecular weight is 452 g/mol. The molecule has 0 spiro atoms. The zero-order valence-electron chi connectivity index (χ0n) is 22.1. The highest BCUT2D eigenvalue weighted by atomic mass is 16.4. The van der Waals surface area contributed by atoms with Gasteiger partial charge in [0.1, 0.15) is 0 Å². The van der Waals surface area contributed by atoms with Gasteiger partial charge in [-0.05, 0) is 6.42 Å². The molecule has 0 heterocycles. The van der Waals surface area contributed by atoms with E-state index in [9.17, 15) is 9.90 Å². The largest absolute Gasteiger partial charge is 0.355 e. The van der Waals surface area contributed by atoms with Gasteiger partial charge in [0.15, 0.2) is 0 Å². The van der Waals surface area contributed by atoms with Crippen LogP contribution in [0.3, 0.4) is 0 Å². The number of carbonyl (C=O) groups excluding carboxylic acids is 1. The summed E-state index contributed by atoms with van der Waals surface area (Å²) in [5.74, 6) is -0.899. The molecule has 191 valence electrons. The Morgan fingerprint density at radius 1 is 0.344 bits per heavy atom. The van der Waals surface area contributed by atoms with Crippen molar-refractivity contribution >= 4 is 5.97 Å². The predicted octanol–water partition coefficient (Wildman–Crippen LogP) is 10.9. The van der Waals surface area contributed by atoms with Crippen LogP contribution in [-0.4, -0.2) is 5.97 Å². The highest BCUT2D eigenvalue weighted by Gasteiger charge is 1.99. The summed E-state index contributed by atoms with van der Waals surface area (Å²) in [6.45, 7) is 2.30. The van der Waals surface area contributed by atoms with E-state index in [4.69, 9.17) is 0 Å². The quantitative estimate of drug-likeness (QED) is 0.109. The van der Waals surface area contributed by atoms with Gasteiger partial charge >= 0.3 is 5.97 Å². The maximum atomic E-state index is 10.3. The summed E-state index contributed by atoms with van der Waals surface area (Å²) in [5.41, 5.74) is 0. The standard InChI is InChI=1S/C30H59O2/c1-2-3-4-5-6-7-8-9-10-11-12-13-14-15-16-17-18-19-20-21-22-23-24-25-26-27-28-29-30(31)32/h2-29H2,1H3. The minimum atomic E-state index is -0.899. The van der Waals surface area contributed by atoms with Crippen LogP contribution < -0.4 is 0 Å². The third-order valence-electron chi connectivity index (χ3n) is 6.98. The molecule has 0 aromatic heterocycles. The Kier molecular flexibility index (Phi) is 28.0. The van der Waals surface area contributed by atoms with Crippen molar-refractivity contribution in [3.05, 3.63) is 0 Å². The number of rotatable bonds is 28. The lowest BCUT2D eigenvalue weighted by molar-refractivity contribution is -0.143. The van der Waals surface area contributed by atoms with Gasteiger partial charge in [-0.1, -0.05) is 174 Å². The molecule has 0 fully saturated rings. The van der Waals surface area contributed by atoms with E-state index in [1.807, 2.05) is 0 Å². The summed E-state index contributed by atoms with van der Waals surface area (Å²) in [6.07, 6.45) is 37.6. The Balaban J connectivity index is 3.00. The molecule has 2 heteroatoms. The number of hydrogen-bond acceptors (Lipinski definition) is 1. The first kappa shape index (κ1) is 31.5. The van der Waals surface area contributed by atoms with Gasteiger partial charge in [0.2, 0.25) is 0 Å². The lowest BCUT2D eigenvalue weighted by atomic mass is 10.0. The Hall–Kier alpha value is -0.530. The van der Waals surface area contributed by atoms with Crippen LogP contribution in [0.25, 0.3) is 0 Å². The molecule has 0 amide bonds. The zero-order valence-corrected chi connectivity index (χ0v) is 22.1. The fraction of sp³-hybridized carbons (Fsp3) is 0.967. The first-order chi connectivity index (χ1) is 15.8. The van der Waals surface area contributed by atoms with Crippen molar-refractivity contribution in [3.63, 3.8) is 0 Å². The van der Waals surface area contributed by atoms with Crippen molar-refractivity contribution in [2.75, 3.05) is 0 Å². The average Bonchev–Trinajstić information content (AvgIpc) is 2.78. The van der Waals surface area contributed by atoms with Crippen molar-refractivity contribution in [1.82, 2.24) is 0 Å². The maximum absolute atomic E-state index is 10.3. The molecule has 0 unspecified atom stereocenters. The van der Waals surface area contributed by atoms with Gasteiger partial charge in [-0.25, -0.2) is 9.90 Å². The number of unbranched alkanes of at least 4 members (excludes halogenated alkanes) is 26. The fourth-order valence-corrected chi connectivity index (χ4v) is 4.76. The van der Waals surface area contributed by atoms with E-state index in [1.165, 1.54) is 161 Å². The third kappa shape index (κ3) is 29.5. The smallest absolute Gasteiger partial charge is 0.247 e. The lowest BCUT2D eigenvalue weighted by Crippen LogP contribution is -1.91. The monoisotopic (exact) mass is 451 g/mol. The molecule has 0 aromatic carbocycles. The summed E-state index contributed by atoms with van der Waals surface area (Å²) >= 11 is 0. The van der Waals surface area contributed by atoms with Crippen LogP contribution in [0.2, 0.25) is 0 Å². The fourth-order valence-electron chi connectivity index (χ4n) is 4.76. The molecule has 0 atom stereocenters. The number of hydrogen-bond donors (Lipinski definition) is 0. The van der Waals surface area contributed by atoms with E-state index in [0.717, 1.165) is 12.8 Å². The van der Waals surface area contributed by atoms with Crippen molar-refractivity contribution in [3.8, 4) is 0 Å². The van der Waals surface area contributed by atoms with Gasteiger partial charge in [0.05, 0.1) is 6.42 Å². The molecule has 32 heavy (non-hydrogen) atoms. The number of carbonyl (C=O) groups is 1. The van der Waals surface area contributed by atoms with E-state index >= 15 is 0 Å². The molecule has 0 aromatic rings. The highest BCUT2D eigenvalue weighted by Crippen LogP contribution is 2.16. The molecular weight excluding hydrogens is 392 g/mol. The van der Waals surface area contributed by atoms with Crippen molar-refractivity contribution < 1.29 is 9.90 Å². The van der Waals surface area contributed by atoms with E-state index in [0.29, 0.717) is 0 Å². The van der Waals surface area contributed by atoms with Crippen LogP contribution in [0.4, 0.5) is 0 Å². The van der Waals surface area contributed by atoms with Crippen molar-refractivity contribution in [2.45, 2.75) is 187 Å². The van der Waals surface area contributed by atoms with E-state index in [-0.39, 0.29) is 6.42 Å². The minimum Gasteiger partial charge on any atom is -0.247 e.